The number of benzene rings is 1. The van der Waals surface area contributed by atoms with Crippen LogP contribution in [0.1, 0.15) is 29.3 Å². The SMILES string of the molecule is CCC1(N)CN(C(=O)c2ccc(O)c(C)c2)C1. The molecule has 2 rings (SSSR count). The van der Waals surface area contributed by atoms with E-state index in [0.29, 0.717) is 24.2 Å². The van der Waals surface area contributed by atoms with Gasteiger partial charge < -0.3 is 15.7 Å². The van der Waals surface area contributed by atoms with Crippen molar-refractivity contribution in [3.63, 3.8) is 0 Å². The number of aryl methyl sites for hydroxylation is 1. The molecule has 0 saturated carbocycles. The number of aromatic hydroxyl groups is 1. The molecule has 0 aliphatic carbocycles. The van der Waals surface area contributed by atoms with Gasteiger partial charge in [-0.1, -0.05) is 6.92 Å². The third kappa shape index (κ3) is 2.13. The number of phenols is 1. The summed E-state index contributed by atoms with van der Waals surface area (Å²) in [6.07, 6.45) is 0.880. The minimum Gasteiger partial charge on any atom is -0.508 e. The summed E-state index contributed by atoms with van der Waals surface area (Å²) in [7, 11) is 0. The maximum Gasteiger partial charge on any atom is 0.253 e. The molecule has 0 bridgehead atoms. The maximum absolute atomic E-state index is 12.1. The lowest BCUT2D eigenvalue weighted by Crippen LogP contribution is -2.68. The van der Waals surface area contributed by atoms with Crippen LogP contribution in [0.3, 0.4) is 0 Å². The van der Waals surface area contributed by atoms with Gasteiger partial charge in [0.1, 0.15) is 5.75 Å². The molecule has 0 unspecified atom stereocenters. The Bertz CT molecular complexity index is 451. The molecule has 92 valence electrons. The molecule has 1 aromatic rings. The van der Waals surface area contributed by atoms with Gasteiger partial charge in [-0.3, -0.25) is 4.79 Å². The molecule has 1 aliphatic rings. The van der Waals surface area contributed by atoms with Gasteiger partial charge in [-0.15, -0.1) is 0 Å². The second-order valence-corrected chi connectivity index (χ2v) is 4.88. The fourth-order valence-corrected chi connectivity index (χ4v) is 2.05. The number of rotatable bonds is 2. The predicted molar refractivity (Wildman–Crippen MR) is 66.0 cm³/mol. The van der Waals surface area contributed by atoms with Crippen LogP contribution in [-0.4, -0.2) is 34.5 Å². The van der Waals surface area contributed by atoms with Crippen LogP contribution in [0.25, 0.3) is 0 Å². The zero-order valence-corrected chi connectivity index (χ0v) is 10.2. The quantitative estimate of drug-likeness (QED) is 0.809. The van der Waals surface area contributed by atoms with Crippen molar-refractivity contribution >= 4 is 5.91 Å². The smallest absolute Gasteiger partial charge is 0.253 e. The Morgan fingerprint density at radius 1 is 1.53 bits per heavy atom. The molecule has 0 atom stereocenters. The molecular weight excluding hydrogens is 216 g/mol. The number of phenolic OH excluding ortho intramolecular Hbond substituents is 1. The van der Waals surface area contributed by atoms with E-state index in [-0.39, 0.29) is 17.2 Å². The largest absolute Gasteiger partial charge is 0.508 e. The molecule has 0 aromatic heterocycles. The molecule has 4 nitrogen and oxygen atoms in total. The molecule has 0 spiro atoms. The van der Waals surface area contributed by atoms with Gasteiger partial charge in [0, 0.05) is 18.7 Å². The van der Waals surface area contributed by atoms with Crippen molar-refractivity contribution in [2.24, 2.45) is 5.73 Å². The highest BCUT2D eigenvalue weighted by Crippen LogP contribution is 2.25. The molecular formula is C13H18N2O2. The zero-order chi connectivity index (χ0) is 12.6. The molecule has 1 amide bonds. The molecule has 3 N–H and O–H groups in total. The number of nitrogens with two attached hydrogens (primary N) is 1. The summed E-state index contributed by atoms with van der Waals surface area (Å²) < 4.78 is 0. The highest BCUT2D eigenvalue weighted by atomic mass is 16.3. The van der Waals surface area contributed by atoms with Gasteiger partial charge in [-0.25, -0.2) is 0 Å². The Hall–Kier alpha value is -1.55. The van der Waals surface area contributed by atoms with Crippen LogP contribution in [0.15, 0.2) is 18.2 Å². The third-order valence-electron chi connectivity index (χ3n) is 3.45. The maximum atomic E-state index is 12.1. The third-order valence-corrected chi connectivity index (χ3v) is 3.45. The molecule has 1 saturated heterocycles. The average molecular weight is 234 g/mol. The van der Waals surface area contributed by atoms with Crippen molar-refractivity contribution in [2.45, 2.75) is 25.8 Å². The predicted octanol–water partition coefficient (Wildman–Crippen LogP) is 1.26. The van der Waals surface area contributed by atoms with Crippen LogP contribution in [0.2, 0.25) is 0 Å². The lowest BCUT2D eigenvalue weighted by atomic mass is 9.87. The highest BCUT2D eigenvalue weighted by molar-refractivity contribution is 5.95. The second kappa shape index (κ2) is 4.04. The van der Waals surface area contributed by atoms with E-state index in [9.17, 15) is 9.90 Å². The van der Waals surface area contributed by atoms with E-state index in [1.165, 1.54) is 0 Å². The van der Waals surface area contributed by atoms with Gasteiger partial charge in [0.25, 0.3) is 5.91 Å². The van der Waals surface area contributed by atoms with Crippen molar-refractivity contribution < 1.29 is 9.90 Å². The van der Waals surface area contributed by atoms with Crippen LogP contribution >= 0.6 is 0 Å². The molecule has 1 fully saturated rings. The molecule has 0 radical (unpaired) electrons. The first-order valence-corrected chi connectivity index (χ1v) is 5.83. The molecule has 4 heteroatoms. The Morgan fingerprint density at radius 2 is 2.18 bits per heavy atom. The van der Waals surface area contributed by atoms with E-state index in [1.807, 2.05) is 6.92 Å². The van der Waals surface area contributed by atoms with Crippen molar-refractivity contribution in [1.29, 1.82) is 0 Å². The highest BCUT2D eigenvalue weighted by Gasteiger charge is 2.40. The summed E-state index contributed by atoms with van der Waals surface area (Å²) >= 11 is 0. The minimum absolute atomic E-state index is 0.0115. The Labute approximate surface area is 101 Å². The number of amides is 1. The normalized spacial score (nSPS) is 17.7. The standard InChI is InChI=1S/C13H18N2O2/c1-3-13(14)7-15(8-13)12(17)10-4-5-11(16)9(2)6-10/h4-6,16H,3,7-8,14H2,1-2H3. The summed E-state index contributed by atoms with van der Waals surface area (Å²) in [5, 5.41) is 9.41. The molecule has 17 heavy (non-hydrogen) atoms. The van der Waals surface area contributed by atoms with E-state index in [1.54, 1.807) is 30.0 Å². The van der Waals surface area contributed by atoms with E-state index in [0.717, 1.165) is 6.42 Å². The zero-order valence-electron chi connectivity index (χ0n) is 10.2. The summed E-state index contributed by atoms with van der Waals surface area (Å²) in [5.41, 5.74) is 7.15. The Kier molecular flexibility index (Phi) is 2.83. The summed E-state index contributed by atoms with van der Waals surface area (Å²) in [6, 6.07) is 4.91. The van der Waals surface area contributed by atoms with Crippen LogP contribution in [0, 0.1) is 6.92 Å². The van der Waals surface area contributed by atoms with Crippen molar-refractivity contribution in [3.05, 3.63) is 29.3 Å². The van der Waals surface area contributed by atoms with Gasteiger partial charge in [-0.2, -0.15) is 0 Å². The van der Waals surface area contributed by atoms with Crippen molar-refractivity contribution in [2.75, 3.05) is 13.1 Å². The fourth-order valence-electron chi connectivity index (χ4n) is 2.05. The van der Waals surface area contributed by atoms with Crippen LogP contribution in [0.4, 0.5) is 0 Å². The number of carbonyl (C=O) groups excluding carboxylic acids is 1. The Morgan fingerprint density at radius 3 is 2.71 bits per heavy atom. The lowest BCUT2D eigenvalue weighted by molar-refractivity contribution is 0.0401. The summed E-state index contributed by atoms with van der Waals surface area (Å²) in [4.78, 5) is 13.8. The van der Waals surface area contributed by atoms with Crippen LogP contribution in [0.5, 0.6) is 5.75 Å². The van der Waals surface area contributed by atoms with Crippen LogP contribution in [-0.2, 0) is 0 Å². The second-order valence-electron chi connectivity index (χ2n) is 4.88. The van der Waals surface area contributed by atoms with Gasteiger partial charge in [-0.05, 0) is 37.1 Å². The monoisotopic (exact) mass is 234 g/mol. The number of nitrogens with zero attached hydrogens (tertiary/aromatic N) is 1. The van der Waals surface area contributed by atoms with Crippen molar-refractivity contribution in [1.82, 2.24) is 4.90 Å². The van der Waals surface area contributed by atoms with Gasteiger partial charge in [0.2, 0.25) is 0 Å². The summed E-state index contributed by atoms with van der Waals surface area (Å²) in [6.45, 7) is 5.04. The molecule has 1 aliphatic heterocycles. The number of likely N-dealkylation sites (tertiary alicyclic amines) is 1. The van der Waals surface area contributed by atoms with Gasteiger partial charge in [0.15, 0.2) is 0 Å². The Balaban J connectivity index is 2.09. The first-order chi connectivity index (χ1) is 7.95. The molecule has 1 aromatic carbocycles. The topological polar surface area (TPSA) is 66.6 Å². The van der Waals surface area contributed by atoms with Crippen molar-refractivity contribution in [3.8, 4) is 5.75 Å². The first-order valence-electron chi connectivity index (χ1n) is 5.83. The van der Waals surface area contributed by atoms with E-state index >= 15 is 0 Å². The van der Waals surface area contributed by atoms with E-state index in [2.05, 4.69) is 0 Å². The van der Waals surface area contributed by atoms with Crippen LogP contribution < -0.4 is 5.73 Å². The average Bonchev–Trinajstić information content (AvgIpc) is 2.27. The number of hydrogen-bond acceptors (Lipinski definition) is 3. The minimum atomic E-state index is -0.207. The lowest BCUT2D eigenvalue weighted by Gasteiger charge is -2.47. The number of carbonyl (C=O) groups is 1. The van der Waals surface area contributed by atoms with Gasteiger partial charge in [0.05, 0.1) is 5.54 Å². The van der Waals surface area contributed by atoms with Gasteiger partial charge >= 0.3 is 0 Å². The summed E-state index contributed by atoms with van der Waals surface area (Å²) in [5.74, 6) is 0.203. The fraction of sp³-hybridized carbons (Fsp3) is 0.462. The molecule has 1 heterocycles. The number of hydrogen-bond donors (Lipinski definition) is 2. The van der Waals surface area contributed by atoms with E-state index < -0.39 is 0 Å². The van der Waals surface area contributed by atoms with E-state index in [4.69, 9.17) is 5.73 Å². The first kappa shape index (κ1) is 11.9.